The number of rotatable bonds is 1. The maximum atomic E-state index is 13.0. The Balaban J connectivity index is 0.00000144. The van der Waals surface area contributed by atoms with Gasteiger partial charge in [-0.3, -0.25) is 4.79 Å². The van der Waals surface area contributed by atoms with Gasteiger partial charge in [-0.15, -0.1) is 24.8 Å². The fraction of sp³-hybridized carbons (Fsp3) is 0.278. The number of benzene rings is 2. The number of amides is 1. The number of para-hydroxylation sites is 2. The minimum absolute atomic E-state index is 0. The Morgan fingerprint density at radius 3 is 2.42 bits per heavy atom. The fourth-order valence-corrected chi connectivity index (χ4v) is 2.95. The second-order valence-electron chi connectivity index (χ2n) is 5.79. The molecule has 1 amide bonds. The van der Waals surface area contributed by atoms with Crippen molar-refractivity contribution in [2.24, 2.45) is 0 Å². The second-order valence-corrected chi connectivity index (χ2v) is 5.79. The van der Waals surface area contributed by atoms with Gasteiger partial charge in [0.1, 0.15) is 0 Å². The van der Waals surface area contributed by atoms with Gasteiger partial charge in [0.25, 0.3) is 5.91 Å². The molecule has 0 spiro atoms. The molecular formula is C18H23Cl2N3O. The van der Waals surface area contributed by atoms with Crippen molar-refractivity contribution in [3.05, 3.63) is 53.6 Å². The lowest BCUT2D eigenvalue weighted by atomic mass is 10.1. The van der Waals surface area contributed by atoms with Gasteiger partial charge in [0.2, 0.25) is 0 Å². The van der Waals surface area contributed by atoms with E-state index in [0.717, 1.165) is 29.9 Å². The van der Waals surface area contributed by atoms with E-state index in [1.165, 1.54) is 0 Å². The second kappa shape index (κ2) is 8.27. The monoisotopic (exact) mass is 367 g/mol. The van der Waals surface area contributed by atoms with E-state index in [1.54, 1.807) is 6.07 Å². The maximum absolute atomic E-state index is 13.0. The van der Waals surface area contributed by atoms with Gasteiger partial charge in [-0.2, -0.15) is 0 Å². The molecular weight excluding hydrogens is 345 g/mol. The highest BCUT2D eigenvalue weighted by Crippen LogP contribution is 2.32. The fourth-order valence-electron chi connectivity index (χ4n) is 2.95. The van der Waals surface area contributed by atoms with Crippen molar-refractivity contribution in [1.29, 1.82) is 0 Å². The van der Waals surface area contributed by atoms with Crippen LogP contribution in [0.25, 0.3) is 0 Å². The topological polar surface area (TPSA) is 49.6 Å². The number of nitrogen functional groups attached to an aromatic ring is 1. The molecule has 0 bridgehead atoms. The predicted molar refractivity (Wildman–Crippen MR) is 106 cm³/mol. The average molecular weight is 368 g/mol. The number of hydrogen-bond acceptors (Lipinski definition) is 3. The normalized spacial score (nSPS) is 13.2. The number of nitrogens with zero attached hydrogens (tertiary/aromatic N) is 2. The molecule has 130 valence electrons. The molecule has 0 fully saturated rings. The Labute approximate surface area is 155 Å². The quantitative estimate of drug-likeness (QED) is 0.777. The van der Waals surface area contributed by atoms with E-state index in [1.807, 2.05) is 42.2 Å². The molecule has 24 heavy (non-hydrogen) atoms. The van der Waals surface area contributed by atoms with Gasteiger partial charge in [0, 0.05) is 31.4 Å². The summed E-state index contributed by atoms with van der Waals surface area (Å²) in [4.78, 5) is 17.1. The zero-order valence-electron chi connectivity index (χ0n) is 13.9. The Morgan fingerprint density at radius 2 is 1.71 bits per heavy atom. The van der Waals surface area contributed by atoms with Crippen LogP contribution in [0.15, 0.2) is 42.5 Å². The Kier molecular flexibility index (Phi) is 6.93. The Bertz CT molecular complexity index is 721. The van der Waals surface area contributed by atoms with Crippen molar-refractivity contribution in [2.75, 3.05) is 35.7 Å². The molecule has 2 N–H and O–H groups in total. The van der Waals surface area contributed by atoms with E-state index < -0.39 is 0 Å². The predicted octanol–water partition coefficient (Wildman–Crippen LogP) is 3.91. The molecule has 1 aliphatic rings. The van der Waals surface area contributed by atoms with Crippen LogP contribution in [0.3, 0.4) is 0 Å². The molecule has 0 unspecified atom stereocenters. The number of anilines is 3. The first-order valence-corrected chi connectivity index (χ1v) is 7.56. The summed E-state index contributed by atoms with van der Waals surface area (Å²) in [6.45, 7) is 3.60. The molecule has 4 nitrogen and oxygen atoms in total. The van der Waals surface area contributed by atoms with Crippen molar-refractivity contribution < 1.29 is 4.79 Å². The number of nitrogens with two attached hydrogens (primary N) is 1. The standard InChI is InChI=1S/C18H21N3O.2ClH/c1-13-8-9-14(19)12-15(13)18(22)21-11-5-10-20(2)16-6-3-4-7-17(16)21;;/h3-4,6-9,12H,5,10-11,19H2,1-2H3;2*1H. The van der Waals surface area contributed by atoms with Crippen molar-refractivity contribution in [1.82, 2.24) is 0 Å². The Morgan fingerprint density at radius 1 is 1.04 bits per heavy atom. The highest BCUT2D eigenvalue weighted by atomic mass is 35.5. The summed E-state index contributed by atoms with van der Waals surface area (Å²) in [6.07, 6.45) is 0.943. The zero-order chi connectivity index (χ0) is 15.7. The molecule has 0 aromatic heterocycles. The summed E-state index contributed by atoms with van der Waals surface area (Å²) < 4.78 is 0. The first-order chi connectivity index (χ1) is 10.6. The van der Waals surface area contributed by atoms with Gasteiger partial charge in [0.05, 0.1) is 11.4 Å². The minimum atomic E-state index is 0. The van der Waals surface area contributed by atoms with Crippen LogP contribution in [0.4, 0.5) is 17.1 Å². The van der Waals surface area contributed by atoms with Gasteiger partial charge in [0.15, 0.2) is 0 Å². The third kappa shape index (κ3) is 3.77. The summed E-state index contributed by atoms with van der Waals surface area (Å²) in [7, 11) is 2.07. The number of aryl methyl sites for hydroxylation is 1. The SMILES string of the molecule is Cc1ccc(N)cc1C(=O)N1CCCN(C)c2ccccc21.Cl.Cl. The zero-order valence-corrected chi connectivity index (χ0v) is 15.5. The van der Waals surface area contributed by atoms with Crippen LogP contribution in [0.5, 0.6) is 0 Å². The highest BCUT2D eigenvalue weighted by Gasteiger charge is 2.25. The van der Waals surface area contributed by atoms with Crippen LogP contribution < -0.4 is 15.5 Å². The molecule has 6 heteroatoms. The van der Waals surface area contributed by atoms with Gasteiger partial charge in [-0.05, 0) is 43.2 Å². The molecule has 2 aromatic rings. The molecule has 1 aliphatic heterocycles. The van der Waals surface area contributed by atoms with Crippen molar-refractivity contribution in [3.63, 3.8) is 0 Å². The van der Waals surface area contributed by atoms with E-state index >= 15 is 0 Å². The summed E-state index contributed by atoms with van der Waals surface area (Å²) in [6, 6.07) is 13.6. The molecule has 0 atom stereocenters. The maximum Gasteiger partial charge on any atom is 0.258 e. The summed E-state index contributed by atoms with van der Waals surface area (Å²) in [5.74, 6) is 0.0209. The largest absolute Gasteiger partial charge is 0.399 e. The third-order valence-electron chi connectivity index (χ3n) is 4.20. The highest BCUT2D eigenvalue weighted by molar-refractivity contribution is 6.09. The number of halogens is 2. The first kappa shape index (κ1) is 20.1. The van der Waals surface area contributed by atoms with Crippen LogP contribution in [0, 0.1) is 6.92 Å². The lowest BCUT2D eigenvalue weighted by Gasteiger charge is -2.25. The van der Waals surface area contributed by atoms with E-state index in [0.29, 0.717) is 17.8 Å². The number of carbonyl (C=O) groups excluding carboxylic acids is 1. The number of hydrogen-bond donors (Lipinski definition) is 1. The van der Waals surface area contributed by atoms with Crippen LogP contribution in [-0.2, 0) is 0 Å². The molecule has 0 saturated carbocycles. The molecule has 0 saturated heterocycles. The summed E-state index contributed by atoms with van der Waals surface area (Å²) >= 11 is 0. The van der Waals surface area contributed by atoms with Crippen LogP contribution >= 0.6 is 24.8 Å². The molecule has 0 aliphatic carbocycles. The van der Waals surface area contributed by atoms with Crippen LogP contribution in [-0.4, -0.2) is 26.0 Å². The van der Waals surface area contributed by atoms with Gasteiger partial charge in [-0.1, -0.05) is 18.2 Å². The Hall–Kier alpha value is -1.91. The minimum Gasteiger partial charge on any atom is -0.399 e. The number of fused-ring (bicyclic) bond motifs is 1. The number of carbonyl (C=O) groups is 1. The van der Waals surface area contributed by atoms with Crippen molar-refractivity contribution >= 4 is 47.8 Å². The van der Waals surface area contributed by atoms with Crippen LogP contribution in [0.1, 0.15) is 22.3 Å². The van der Waals surface area contributed by atoms with E-state index in [9.17, 15) is 4.79 Å². The van der Waals surface area contributed by atoms with Gasteiger partial charge < -0.3 is 15.5 Å². The molecule has 3 rings (SSSR count). The van der Waals surface area contributed by atoms with Crippen molar-refractivity contribution in [2.45, 2.75) is 13.3 Å². The lowest BCUT2D eigenvalue weighted by molar-refractivity contribution is 0.0986. The summed E-state index contributed by atoms with van der Waals surface area (Å²) in [5.41, 5.74) is 10.2. The average Bonchev–Trinajstić information content (AvgIpc) is 2.69. The van der Waals surface area contributed by atoms with Crippen molar-refractivity contribution in [3.8, 4) is 0 Å². The van der Waals surface area contributed by atoms with Gasteiger partial charge >= 0.3 is 0 Å². The smallest absolute Gasteiger partial charge is 0.258 e. The molecule has 0 radical (unpaired) electrons. The lowest BCUT2D eigenvalue weighted by Crippen LogP contribution is -2.32. The van der Waals surface area contributed by atoms with Gasteiger partial charge in [-0.25, -0.2) is 0 Å². The molecule has 1 heterocycles. The van der Waals surface area contributed by atoms with E-state index in [2.05, 4.69) is 18.0 Å². The van der Waals surface area contributed by atoms with E-state index in [4.69, 9.17) is 5.73 Å². The van der Waals surface area contributed by atoms with E-state index in [-0.39, 0.29) is 30.7 Å². The molecule has 2 aromatic carbocycles. The summed E-state index contributed by atoms with van der Waals surface area (Å²) in [5, 5.41) is 0. The third-order valence-corrected chi connectivity index (χ3v) is 4.20. The first-order valence-electron chi connectivity index (χ1n) is 7.56. The van der Waals surface area contributed by atoms with Crippen LogP contribution in [0.2, 0.25) is 0 Å².